The van der Waals surface area contributed by atoms with Crippen molar-refractivity contribution in [2.75, 3.05) is 18.5 Å². The van der Waals surface area contributed by atoms with Crippen molar-refractivity contribution in [3.05, 3.63) is 76.7 Å². The Morgan fingerprint density at radius 3 is 2.43 bits per heavy atom. The minimum Gasteiger partial charge on any atom is -0.462 e. The lowest BCUT2D eigenvalue weighted by atomic mass is 9.91. The molecule has 180 valence electrons. The molecule has 0 saturated carbocycles. The van der Waals surface area contributed by atoms with Gasteiger partial charge in [0.05, 0.1) is 6.61 Å². The highest BCUT2D eigenvalue weighted by atomic mass is 32.1. The first-order valence-corrected chi connectivity index (χ1v) is 12.0. The quantitative estimate of drug-likeness (QED) is 0.379. The molecule has 2 aromatic carbocycles. The maximum absolute atomic E-state index is 13.2. The number of hydrogen-bond donors (Lipinski definition) is 2. The zero-order chi connectivity index (χ0) is 25.2. The Morgan fingerprint density at radius 2 is 1.77 bits per heavy atom. The summed E-state index contributed by atoms with van der Waals surface area (Å²) in [6.45, 7) is 4.92. The number of amides is 4. The Balaban J connectivity index is 1.55. The molecule has 1 unspecified atom stereocenters. The molecule has 1 aliphatic heterocycles. The van der Waals surface area contributed by atoms with Crippen LogP contribution in [-0.4, -0.2) is 41.9 Å². The topological polar surface area (TPSA) is 105 Å². The molecule has 1 atom stereocenters. The van der Waals surface area contributed by atoms with E-state index in [1.165, 1.54) is 11.3 Å². The molecule has 1 aliphatic rings. The van der Waals surface area contributed by atoms with Gasteiger partial charge < -0.3 is 15.4 Å². The van der Waals surface area contributed by atoms with Crippen LogP contribution >= 0.6 is 11.3 Å². The lowest BCUT2D eigenvalue weighted by Crippen LogP contribution is -2.42. The normalized spacial score (nSPS) is 17.3. The number of thiophene rings is 1. The van der Waals surface area contributed by atoms with Crippen LogP contribution in [0.2, 0.25) is 0 Å². The maximum Gasteiger partial charge on any atom is 0.341 e. The highest BCUT2D eigenvalue weighted by molar-refractivity contribution is 7.15. The van der Waals surface area contributed by atoms with Crippen LogP contribution in [0.4, 0.5) is 9.80 Å². The van der Waals surface area contributed by atoms with Gasteiger partial charge in [-0.2, -0.15) is 0 Å². The Hall–Kier alpha value is -3.98. The molecule has 2 N–H and O–H groups in total. The maximum atomic E-state index is 13.2. The number of benzene rings is 2. The standard InChI is InChI=1S/C26H25N3O5S/c1-4-34-23(31)21-19(17-8-6-5-7-9-17)15-35-22(21)27-20(30)14-29-24(32)26(3,28-25(29)33)18-12-10-16(2)11-13-18/h5-13,15H,4,14H2,1-3H3,(H,27,30)(H,28,33). The van der Waals surface area contributed by atoms with Crippen molar-refractivity contribution < 1.29 is 23.9 Å². The van der Waals surface area contributed by atoms with Crippen LogP contribution in [0.15, 0.2) is 60.0 Å². The fourth-order valence-corrected chi connectivity index (χ4v) is 4.89. The number of hydrogen-bond acceptors (Lipinski definition) is 6. The summed E-state index contributed by atoms with van der Waals surface area (Å²) in [6.07, 6.45) is 0. The van der Waals surface area contributed by atoms with Gasteiger partial charge in [-0.1, -0.05) is 60.2 Å². The number of esters is 1. The van der Waals surface area contributed by atoms with Crippen molar-refractivity contribution in [2.24, 2.45) is 0 Å². The monoisotopic (exact) mass is 491 g/mol. The SMILES string of the molecule is CCOC(=O)c1c(-c2ccccc2)csc1NC(=O)CN1C(=O)NC(C)(c2ccc(C)cc2)C1=O. The molecule has 3 aromatic rings. The first-order valence-electron chi connectivity index (χ1n) is 11.1. The summed E-state index contributed by atoms with van der Waals surface area (Å²) in [5.74, 6) is -1.69. The van der Waals surface area contributed by atoms with Gasteiger partial charge in [-0.25, -0.2) is 9.59 Å². The van der Waals surface area contributed by atoms with Gasteiger partial charge >= 0.3 is 12.0 Å². The Bertz CT molecular complexity index is 1290. The van der Waals surface area contributed by atoms with E-state index in [2.05, 4.69) is 10.6 Å². The third-order valence-corrected chi connectivity index (χ3v) is 6.71. The van der Waals surface area contributed by atoms with Crippen LogP contribution in [0.25, 0.3) is 11.1 Å². The first kappa shape index (κ1) is 24.2. The number of rotatable bonds is 7. The van der Waals surface area contributed by atoms with Gasteiger partial charge in [-0.15, -0.1) is 11.3 Å². The van der Waals surface area contributed by atoms with Crippen LogP contribution in [-0.2, 0) is 19.9 Å². The van der Waals surface area contributed by atoms with E-state index in [9.17, 15) is 19.2 Å². The number of imide groups is 1. The van der Waals surface area contributed by atoms with Gasteiger partial charge in [0.1, 0.15) is 22.6 Å². The fraction of sp³-hybridized carbons (Fsp3) is 0.231. The molecule has 0 radical (unpaired) electrons. The summed E-state index contributed by atoms with van der Waals surface area (Å²) >= 11 is 1.17. The molecule has 1 saturated heterocycles. The van der Waals surface area contributed by atoms with Gasteiger partial charge in [-0.05, 0) is 31.9 Å². The number of aryl methyl sites for hydroxylation is 1. The number of carbonyl (C=O) groups is 4. The highest BCUT2D eigenvalue weighted by Crippen LogP contribution is 2.36. The number of nitrogens with zero attached hydrogens (tertiary/aromatic N) is 1. The lowest BCUT2D eigenvalue weighted by Gasteiger charge is -2.22. The van der Waals surface area contributed by atoms with E-state index < -0.39 is 35.9 Å². The second kappa shape index (κ2) is 9.71. The molecular formula is C26H25N3O5S. The average molecular weight is 492 g/mol. The number of anilines is 1. The van der Waals surface area contributed by atoms with Gasteiger partial charge in [0.25, 0.3) is 5.91 Å². The number of nitrogens with one attached hydrogen (secondary N) is 2. The summed E-state index contributed by atoms with van der Waals surface area (Å²) in [4.78, 5) is 52.3. The molecule has 0 aliphatic carbocycles. The van der Waals surface area contributed by atoms with Crippen molar-refractivity contribution in [1.29, 1.82) is 0 Å². The van der Waals surface area contributed by atoms with Gasteiger partial charge in [-0.3, -0.25) is 14.5 Å². The summed E-state index contributed by atoms with van der Waals surface area (Å²) in [7, 11) is 0. The zero-order valence-corrected chi connectivity index (χ0v) is 20.4. The molecular weight excluding hydrogens is 466 g/mol. The van der Waals surface area contributed by atoms with E-state index in [0.29, 0.717) is 16.1 Å². The van der Waals surface area contributed by atoms with Crippen molar-refractivity contribution in [1.82, 2.24) is 10.2 Å². The molecule has 8 nitrogen and oxygen atoms in total. The molecule has 0 bridgehead atoms. The Morgan fingerprint density at radius 1 is 1.09 bits per heavy atom. The second-order valence-electron chi connectivity index (χ2n) is 8.30. The van der Waals surface area contributed by atoms with Crippen LogP contribution in [0.5, 0.6) is 0 Å². The fourth-order valence-electron chi connectivity index (χ4n) is 3.92. The van der Waals surface area contributed by atoms with E-state index >= 15 is 0 Å². The lowest BCUT2D eigenvalue weighted by molar-refractivity contribution is -0.133. The van der Waals surface area contributed by atoms with E-state index in [-0.39, 0.29) is 12.2 Å². The largest absolute Gasteiger partial charge is 0.462 e. The van der Waals surface area contributed by atoms with Crippen molar-refractivity contribution in [3.8, 4) is 11.1 Å². The van der Waals surface area contributed by atoms with Crippen LogP contribution in [0.1, 0.15) is 35.3 Å². The summed E-state index contributed by atoms with van der Waals surface area (Å²) in [5, 5.41) is 7.44. The Kier molecular flexibility index (Phi) is 6.70. The summed E-state index contributed by atoms with van der Waals surface area (Å²) in [5.41, 5.74) is 2.04. The van der Waals surface area contributed by atoms with Gasteiger partial charge in [0, 0.05) is 10.9 Å². The van der Waals surface area contributed by atoms with Crippen molar-refractivity contribution in [3.63, 3.8) is 0 Å². The predicted molar refractivity (Wildman–Crippen MR) is 133 cm³/mol. The number of urea groups is 1. The average Bonchev–Trinajstić information content (AvgIpc) is 3.35. The highest BCUT2D eigenvalue weighted by Gasteiger charge is 2.49. The van der Waals surface area contributed by atoms with Gasteiger partial charge in [0.2, 0.25) is 5.91 Å². The molecule has 0 spiro atoms. The zero-order valence-electron chi connectivity index (χ0n) is 19.6. The molecule has 1 aromatic heterocycles. The number of carbonyl (C=O) groups excluding carboxylic acids is 4. The third kappa shape index (κ3) is 4.67. The van der Waals surface area contributed by atoms with E-state index in [1.54, 1.807) is 31.4 Å². The van der Waals surface area contributed by atoms with E-state index in [1.807, 2.05) is 49.4 Å². The molecule has 1 fully saturated rings. The summed E-state index contributed by atoms with van der Waals surface area (Å²) < 4.78 is 5.21. The Labute approximate surface area is 206 Å². The minimum atomic E-state index is -1.27. The van der Waals surface area contributed by atoms with Crippen LogP contribution < -0.4 is 10.6 Å². The van der Waals surface area contributed by atoms with Crippen LogP contribution in [0.3, 0.4) is 0 Å². The second-order valence-corrected chi connectivity index (χ2v) is 9.18. The molecule has 4 amide bonds. The summed E-state index contributed by atoms with van der Waals surface area (Å²) in [6, 6.07) is 15.9. The van der Waals surface area contributed by atoms with E-state index in [4.69, 9.17) is 4.74 Å². The third-order valence-electron chi connectivity index (χ3n) is 5.81. The van der Waals surface area contributed by atoms with Crippen molar-refractivity contribution >= 4 is 40.2 Å². The molecule has 4 rings (SSSR count). The molecule has 9 heteroatoms. The molecule has 2 heterocycles. The predicted octanol–water partition coefficient (Wildman–Crippen LogP) is 4.31. The smallest absolute Gasteiger partial charge is 0.341 e. The molecule has 35 heavy (non-hydrogen) atoms. The minimum absolute atomic E-state index is 0.177. The van der Waals surface area contributed by atoms with Gasteiger partial charge in [0.15, 0.2) is 0 Å². The van der Waals surface area contributed by atoms with E-state index in [0.717, 1.165) is 16.0 Å². The van der Waals surface area contributed by atoms with Crippen molar-refractivity contribution in [2.45, 2.75) is 26.3 Å². The van der Waals surface area contributed by atoms with Crippen LogP contribution in [0, 0.1) is 6.92 Å². The number of ether oxygens (including phenoxy) is 1. The first-order chi connectivity index (χ1) is 16.7.